The van der Waals surface area contributed by atoms with Crippen molar-refractivity contribution in [1.29, 1.82) is 5.26 Å². The Hall–Kier alpha value is -3.90. The number of fused-ring (bicyclic) bond motifs is 1. The summed E-state index contributed by atoms with van der Waals surface area (Å²) in [4.78, 5) is 16.8. The molecule has 4 aromatic rings. The molecule has 5 N–H and O–H groups in total. The van der Waals surface area contributed by atoms with E-state index >= 15 is 0 Å². The topological polar surface area (TPSA) is 144 Å². The number of anilines is 3. The van der Waals surface area contributed by atoms with E-state index in [-0.39, 0.29) is 29.2 Å². The van der Waals surface area contributed by atoms with Gasteiger partial charge < -0.3 is 16.8 Å². The van der Waals surface area contributed by atoms with Gasteiger partial charge in [-0.2, -0.15) is 15.2 Å². The van der Waals surface area contributed by atoms with Crippen molar-refractivity contribution in [2.24, 2.45) is 0 Å². The lowest BCUT2D eigenvalue weighted by molar-refractivity contribution is 0.872. The quantitative estimate of drug-likeness (QED) is 0.469. The minimum atomic E-state index is -0.301. The molecular formula is C19H16ClN9. The van der Waals surface area contributed by atoms with Gasteiger partial charge >= 0.3 is 0 Å². The van der Waals surface area contributed by atoms with E-state index in [1.807, 2.05) is 42.0 Å². The van der Waals surface area contributed by atoms with Crippen LogP contribution in [0.1, 0.15) is 24.1 Å². The Morgan fingerprint density at radius 1 is 1.17 bits per heavy atom. The van der Waals surface area contributed by atoms with Crippen molar-refractivity contribution in [2.45, 2.75) is 13.0 Å². The number of pyridine rings is 2. The van der Waals surface area contributed by atoms with Crippen LogP contribution in [0.25, 0.3) is 16.9 Å². The van der Waals surface area contributed by atoms with Crippen LogP contribution in [0.15, 0.2) is 42.9 Å². The smallest absolute Gasteiger partial charge is 0.224 e. The number of aromatic nitrogens is 5. The predicted octanol–water partition coefficient (Wildman–Crippen LogP) is 3.07. The van der Waals surface area contributed by atoms with Gasteiger partial charge in [0.05, 0.1) is 11.1 Å². The minimum absolute atomic E-state index is 0.0188. The molecule has 0 aliphatic carbocycles. The van der Waals surface area contributed by atoms with E-state index in [0.29, 0.717) is 16.5 Å². The third-order valence-electron chi connectivity index (χ3n) is 4.45. The highest BCUT2D eigenvalue weighted by atomic mass is 35.5. The van der Waals surface area contributed by atoms with Gasteiger partial charge in [-0.1, -0.05) is 17.7 Å². The lowest BCUT2D eigenvalue weighted by Gasteiger charge is -2.16. The highest BCUT2D eigenvalue weighted by molar-refractivity contribution is 6.35. The molecule has 0 saturated carbocycles. The van der Waals surface area contributed by atoms with Crippen LogP contribution in [0.3, 0.4) is 0 Å². The largest absolute Gasteiger partial charge is 0.382 e. The van der Waals surface area contributed by atoms with E-state index < -0.39 is 0 Å². The van der Waals surface area contributed by atoms with E-state index in [2.05, 4.69) is 25.3 Å². The summed E-state index contributed by atoms with van der Waals surface area (Å²) in [6, 6.07) is 9.05. The van der Waals surface area contributed by atoms with Gasteiger partial charge in [0, 0.05) is 29.5 Å². The Labute approximate surface area is 171 Å². The molecule has 0 unspecified atom stereocenters. The number of nitrogens with two attached hydrogens (primary N) is 2. The maximum Gasteiger partial charge on any atom is 0.224 e. The molecule has 0 saturated heterocycles. The summed E-state index contributed by atoms with van der Waals surface area (Å²) in [6.45, 7) is 1.91. The van der Waals surface area contributed by atoms with Gasteiger partial charge in [0.2, 0.25) is 5.95 Å². The number of nitrogen functional groups attached to an aromatic ring is 2. The number of nitriles is 1. The van der Waals surface area contributed by atoms with Crippen molar-refractivity contribution in [2.75, 3.05) is 16.8 Å². The molecule has 29 heavy (non-hydrogen) atoms. The van der Waals surface area contributed by atoms with Crippen molar-refractivity contribution < 1.29 is 0 Å². The van der Waals surface area contributed by atoms with Crippen molar-refractivity contribution >= 4 is 40.2 Å². The Bertz CT molecular complexity index is 1240. The number of nitrogens with zero attached hydrogens (tertiary/aromatic N) is 6. The van der Waals surface area contributed by atoms with Crippen LogP contribution in [0, 0.1) is 11.3 Å². The SMILES string of the molecule is C[C@H](Nc1nc(N)nc(N)c1C#N)c1cn(-c2ccccn2)c2nccc(Cl)c12. The van der Waals surface area contributed by atoms with Gasteiger partial charge in [0.1, 0.15) is 28.9 Å². The van der Waals surface area contributed by atoms with Crippen LogP contribution in [0.4, 0.5) is 17.6 Å². The monoisotopic (exact) mass is 405 g/mol. The zero-order chi connectivity index (χ0) is 20.5. The molecule has 144 valence electrons. The van der Waals surface area contributed by atoms with Crippen molar-refractivity contribution in [1.82, 2.24) is 24.5 Å². The molecule has 10 heteroatoms. The number of hydrogen-bond donors (Lipinski definition) is 3. The van der Waals surface area contributed by atoms with Crippen LogP contribution in [0.5, 0.6) is 0 Å². The Kier molecular flexibility index (Phi) is 4.62. The van der Waals surface area contributed by atoms with E-state index in [0.717, 1.165) is 10.9 Å². The number of halogens is 1. The molecule has 9 nitrogen and oxygen atoms in total. The number of nitrogens with one attached hydrogen (secondary N) is 1. The molecule has 0 bridgehead atoms. The molecular weight excluding hydrogens is 390 g/mol. The maximum absolute atomic E-state index is 9.41. The molecule has 0 amide bonds. The van der Waals surface area contributed by atoms with Crippen LogP contribution in [0.2, 0.25) is 5.02 Å². The highest BCUT2D eigenvalue weighted by Gasteiger charge is 2.21. The van der Waals surface area contributed by atoms with E-state index in [1.54, 1.807) is 18.5 Å². The average molecular weight is 406 g/mol. The molecule has 0 aliphatic rings. The van der Waals surface area contributed by atoms with Crippen LogP contribution >= 0.6 is 11.6 Å². The van der Waals surface area contributed by atoms with Gasteiger partial charge in [-0.3, -0.25) is 4.57 Å². The fraction of sp³-hybridized carbons (Fsp3) is 0.105. The van der Waals surface area contributed by atoms with Gasteiger partial charge in [0.15, 0.2) is 5.82 Å². The summed E-state index contributed by atoms with van der Waals surface area (Å²) in [7, 11) is 0. The lowest BCUT2D eigenvalue weighted by Crippen LogP contribution is -2.13. The van der Waals surface area contributed by atoms with Gasteiger partial charge in [-0.05, 0) is 25.1 Å². The second kappa shape index (κ2) is 7.26. The lowest BCUT2D eigenvalue weighted by atomic mass is 10.1. The fourth-order valence-electron chi connectivity index (χ4n) is 3.14. The normalized spacial score (nSPS) is 11.9. The third-order valence-corrected chi connectivity index (χ3v) is 4.76. The first-order valence-electron chi connectivity index (χ1n) is 8.66. The Morgan fingerprint density at radius 2 is 2.00 bits per heavy atom. The Morgan fingerprint density at radius 3 is 2.72 bits per heavy atom. The summed E-state index contributed by atoms with van der Waals surface area (Å²) in [5.74, 6) is 0.958. The van der Waals surface area contributed by atoms with Gasteiger partial charge in [-0.15, -0.1) is 0 Å². The molecule has 0 radical (unpaired) electrons. The summed E-state index contributed by atoms with van der Waals surface area (Å²) in [5.41, 5.74) is 13.1. The first kappa shape index (κ1) is 18.5. The van der Waals surface area contributed by atoms with Crippen molar-refractivity contribution in [3.8, 4) is 11.9 Å². The summed E-state index contributed by atoms with van der Waals surface area (Å²) >= 11 is 6.50. The second-order valence-corrected chi connectivity index (χ2v) is 6.71. The molecule has 4 heterocycles. The minimum Gasteiger partial charge on any atom is -0.382 e. The van der Waals surface area contributed by atoms with Gasteiger partial charge in [0.25, 0.3) is 0 Å². The fourth-order valence-corrected chi connectivity index (χ4v) is 3.39. The first-order valence-corrected chi connectivity index (χ1v) is 9.04. The van der Waals surface area contributed by atoms with E-state index in [9.17, 15) is 5.26 Å². The summed E-state index contributed by atoms with van der Waals surface area (Å²) < 4.78 is 1.86. The van der Waals surface area contributed by atoms with E-state index in [4.69, 9.17) is 23.1 Å². The molecule has 0 aromatic carbocycles. The maximum atomic E-state index is 9.41. The van der Waals surface area contributed by atoms with Crippen LogP contribution in [-0.2, 0) is 0 Å². The number of hydrogen-bond acceptors (Lipinski definition) is 8. The average Bonchev–Trinajstić information content (AvgIpc) is 3.09. The zero-order valence-corrected chi connectivity index (χ0v) is 16.1. The molecule has 4 rings (SSSR count). The predicted molar refractivity (Wildman–Crippen MR) is 111 cm³/mol. The molecule has 0 spiro atoms. The van der Waals surface area contributed by atoms with Gasteiger partial charge in [-0.25, -0.2) is 9.97 Å². The molecule has 0 fully saturated rings. The second-order valence-electron chi connectivity index (χ2n) is 6.30. The molecule has 4 aromatic heterocycles. The molecule has 1 atom stereocenters. The number of rotatable bonds is 4. The summed E-state index contributed by atoms with van der Waals surface area (Å²) in [5, 5.41) is 13.9. The van der Waals surface area contributed by atoms with Crippen molar-refractivity contribution in [3.05, 3.63) is 59.0 Å². The van der Waals surface area contributed by atoms with Crippen LogP contribution < -0.4 is 16.8 Å². The third kappa shape index (κ3) is 3.26. The van der Waals surface area contributed by atoms with Crippen molar-refractivity contribution in [3.63, 3.8) is 0 Å². The Balaban J connectivity index is 1.84. The first-order chi connectivity index (χ1) is 14.0. The van der Waals surface area contributed by atoms with Crippen LogP contribution in [-0.4, -0.2) is 24.5 Å². The molecule has 0 aliphatic heterocycles. The standard InChI is InChI=1S/C19H16ClN9/c1-10(26-17-11(8-21)16(22)27-19(23)28-17)12-9-29(14-4-2-3-6-24-14)18-15(12)13(20)5-7-25-18/h2-7,9-10H,1H3,(H5,22,23,26,27,28)/t10-/m0/s1. The van der Waals surface area contributed by atoms with E-state index in [1.165, 1.54) is 0 Å². The zero-order valence-electron chi connectivity index (χ0n) is 15.3. The highest BCUT2D eigenvalue weighted by Crippen LogP contribution is 2.34. The summed E-state index contributed by atoms with van der Waals surface area (Å²) in [6.07, 6.45) is 5.26.